The van der Waals surface area contributed by atoms with Crippen LogP contribution in [0.3, 0.4) is 0 Å². The number of hydrogen-bond donors (Lipinski definition) is 1. The quantitative estimate of drug-likeness (QED) is 0.350. The molecule has 0 bridgehead atoms. The van der Waals surface area contributed by atoms with Crippen molar-refractivity contribution in [3.63, 3.8) is 0 Å². The summed E-state index contributed by atoms with van der Waals surface area (Å²) in [7, 11) is -2.19. The van der Waals surface area contributed by atoms with E-state index < -0.39 is 26.2 Å². The van der Waals surface area contributed by atoms with Gasteiger partial charge < -0.3 is 9.53 Å². The van der Waals surface area contributed by atoms with Crippen LogP contribution in [0.2, 0.25) is 18.1 Å². The highest BCUT2D eigenvalue weighted by Crippen LogP contribution is 2.52. The fourth-order valence-corrected chi connectivity index (χ4v) is 7.21. The second-order valence-electron chi connectivity index (χ2n) is 14.4. The second kappa shape index (κ2) is 10.7. The lowest BCUT2D eigenvalue weighted by Gasteiger charge is -2.45. The molecule has 2 aromatic rings. The molecule has 0 spiro atoms. The summed E-state index contributed by atoms with van der Waals surface area (Å²) < 4.78 is 48.1. The average Bonchev–Trinajstić information content (AvgIpc) is 3.35. The van der Waals surface area contributed by atoms with Crippen LogP contribution < -0.4 is 0 Å². The molecule has 4 rings (SSSR count). The van der Waals surface area contributed by atoms with E-state index in [0.717, 1.165) is 72.3 Å². The van der Waals surface area contributed by atoms with E-state index in [1.165, 1.54) is 6.07 Å². The van der Waals surface area contributed by atoms with Crippen molar-refractivity contribution in [2.24, 2.45) is 5.41 Å². The molecule has 1 heterocycles. The monoisotopic (exact) mass is 573 g/mol. The van der Waals surface area contributed by atoms with Gasteiger partial charge in [0, 0.05) is 22.5 Å². The van der Waals surface area contributed by atoms with Crippen molar-refractivity contribution in [1.29, 1.82) is 0 Å². The molecule has 0 aliphatic heterocycles. The van der Waals surface area contributed by atoms with Crippen molar-refractivity contribution >= 4 is 13.9 Å². The number of nitrogens with zero attached hydrogens (tertiary/aromatic N) is 1. The predicted molar refractivity (Wildman–Crippen MR) is 159 cm³/mol. The Bertz CT molecular complexity index is 1290. The van der Waals surface area contributed by atoms with Crippen LogP contribution in [0.1, 0.15) is 131 Å². The normalized spacial score (nSPS) is 20.4. The second-order valence-corrected chi connectivity index (χ2v) is 19.1. The lowest BCUT2D eigenvalue weighted by Crippen LogP contribution is -2.44. The third-order valence-corrected chi connectivity index (χ3v) is 13.5. The first kappa shape index (κ1) is 31.0. The zero-order valence-electron chi connectivity index (χ0n) is 25.6. The Morgan fingerprint density at radius 1 is 1.12 bits per heavy atom. The Hall–Kier alpha value is -1.96. The van der Waals surface area contributed by atoms with Gasteiger partial charge in [0.05, 0.1) is 11.7 Å². The third-order valence-electron chi connectivity index (χ3n) is 9.04. The molecule has 2 aliphatic carbocycles. The number of hydrogen-bond acceptors (Lipinski definition) is 3. The number of benzene rings is 1. The highest BCUT2D eigenvalue weighted by Gasteiger charge is 2.45. The van der Waals surface area contributed by atoms with E-state index in [-0.39, 0.29) is 28.0 Å². The summed E-state index contributed by atoms with van der Waals surface area (Å²) in [5.41, 5.74) is 5.03. The van der Waals surface area contributed by atoms with Crippen molar-refractivity contribution in [2.75, 3.05) is 0 Å². The first-order valence-corrected chi connectivity index (χ1v) is 17.5. The van der Waals surface area contributed by atoms with Gasteiger partial charge >= 0.3 is 6.18 Å². The first-order chi connectivity index (χ1) is 18.3. The van der Waals surface area contributed by atoms with Crippen LogP contribution in [0.4, 0.5) is 13.2 Å². The lowest BCUT2D eigenvalue weighted by atomic mass is 9.71. The molecule has 0 saturated heterocycles. The molecule has 2 aliphatic rings. The van der Waals surface area contributed by atoms with Gasteiger partial charge in [-0.15, -0.1) is 0 Å². The van der Waals surface area contributed by atoms with Gasteiger partial charge in [0.15, 0.2) is 8.32 Å². The Balaban J connectivity index is 2.02. The van der Waals surface area contributed by atoms with Gasteiger partial charge in [-0.05, 0) is 90.4 Å². The molecule has 1 aromatic carbocycles. The van der Waals surface area contributed by atoms with E-state index in [1.54, 1.807) is 6.07 Å². The molecular weight excluding hydrogens is 527 g/mol. The van der Waals surface area contributed by atoms with E-state index >= 15 is 0 Å². The summed E-state index contributed by atoms with van der Waals surface area (Å²) >= 11 is 0. The minimum Gasteiger partial charge on any atom is -0.410 e. The van der Waals surface area contributed by atoms with Crippen LogP contribution in [0.15, 0.2) is 30.3 Å². The maximum Gasteiger partial charge on any atom is 0.416 e. The number of rotatable bonds is 6. The SMILES string of the molecule is CC(C)c1nc2c(c(C3=CCCC3)c1[C@H](O)c1cccc(C(F)(F)F)c1)C(O[Si](C)(C)C(C)(C)C)CC(C)(C)C2. The number of alkyl halides is 3. The number of aliphatic hydroxyl groups excluding tert-OH is 1. The van der Waals surface area contributed by atoms with Crippen molar-refractivity contribution in [2.45, 2.75) is 123 Å². The zero-order valence-corrected chi connectivity index (χ0v) is 26.6. The standard InChI is InChI=1S/C33H46F3NO2Si/c1-20(2)29-28(30(38)22-15-12-16-23(17-22)33(34,35)36)26(21-13-10-11-14-21)27-24(37-29)18-32(6,7)19-25(27)39-40(8,9)31(3,4)5/h12-13,15-17,20,25,30,38H,10-11,14,18-19H2,1-9H3/t25?,30-/m1/s1. The van der Waals surface area contributed by atoms with E-state index in [9.17, 15) is 18.3 Å². The third kappa shape index (κ3) is 6.12. The van der Waals surface area contributed by atoms with E-state index in [0.29, 0.717) is 5.56 Å². The first-order valence-electron chi connectivity index (χ1n) is 14.6. The van der Waals surface area contributed by atoms with Crippen LogP contribution in [-0.2, 0) is 17.0 Å². The minimum atomic E-state index is -4.49. The maximum absolute atomic E-state index is 13.7. The molecule has 2 atom stereocenters. The summed E-state index contributed by atoms with van der Waals surface area (Å²) in [6, 6.07) is 5.09. The summed E-state index contributed by atoms with van der Waals surface area (Å²) in [5.74, 6) is -0.0219. The molecular formula is C33H46F3NO2Si. The molecule has 0 saturated carbocycles. The zero-order chi connectivity index (χ0) is 29.8. The molecule has 3 nitrogen and oxygen atoms in total. The Morgan fingerprint density at radius 3 is 2.35 bits per heavy atom. The van der Waals surface area contributed by atoms with Crippen LogP contribution >= 0.6 is 0 Å². The molecule has 1 N–H and O–H groups in total. The van der Waals surface area contributed by atoms with Crippen molar-refractivity contribution in [3.8, 4) is 0 Å². The van der Waals surface area contributed by atoms with Gasteiger partial charge in [0.2, 0.25) is 0 Å². The fraction of sp³-hybridized carbons (Fsp3) is 0.606. The smallest absolute Gasteiger partial charge is 0.410 e. The number of fused-ring (bicyclic) bond motifs is 1. The van der Waals surface area contributed by atoms with Gasteiger partial charge in [-0.2, -0.15) is 13.2 Å². The Morgan fingerprint density at radius 2 is 1.80 bits per heavy atom. The molecule has 1 unspecified atom stereocenters. The number of allylic oxidation sites excluding steroid dienone is 2. The van der Waals surface area contributed by atoms with Crippen molar-refractivity contribution < 1.29 is 22.7 Å². The average molecular weight is 574 g/mol. The van der Waals surface area contributed by atoms with E-state index in [4.69, 9.17) is 9.41 Å². The topological polar surface area (TPSA) is 42.4 Å². The number of pyridine rings is 1. The number of aliphatic hydroxyl groups is 1. The van der Waals surface area contributed by atoms with E-state index in [1.807, 2.05) is 13.8 Å². The van der Waals surface area contributed by atoms with Gasteiger partial charge in [0.25, 0.3) is 0 Å². The summed E-state index contributed by atoms with van der Waals surface area (Å²) in [4.78, 5) is 5.23. The number of aromatic nitrogens is 1. The molecule has 40 heavy (non-hydrogen) atoms. The van der Waals surface area contributed by atoms with Gasteiger partial charge in [-0.3, -0.25) is 4.98 Å². The number of halogens is 3. The molecule has 0 amide bonds. The maximum atomic E-state index is 13.7. The summed E-state index contributed by atoms with van der Waals surface area (Å²) in [6.45, 7) is 19.8. The van der Waals surface area contributed by atoms with Crippen LogP contribution in [-0.4, -0.2) is 18.4 Å². The highest BCUT2D eigenvalue weighted by molar-refractivity contribution is 6.74. The molecule has 0 fully saturated rings. The van der Waals surface area contributed by atoms with Gasteiger partial charge in [0.1, 0.15) is 6.10 Å². The Kier molecular flexibility index (Phi) is 8.29. The van der Waals surface area contributed by atoms with Crippen molar-refractivity contribution in [3.05, 3.63) is 69.5 Å². The van der Waals surface area contributed by atoms with Gasteiger partial charge in [-0.1, -0.05) is 66.7 Å². The highest BCUT2D eigenvalue weighted by atomic mass is 28.4. The van der Waals surface area contributed by atoms with Gasteiger partial charge in [-0.25, -0.2) is 0 Å². The molecule has 220 valence electrons. The largest absolute Gasteiger partial charge is 0.416 e. The van der Waals surface area contributed by atoms with Crippen molar-refractivity contribution in [1.82, 2.24) is 4.98 Å². The molecule has 7 heteroatoms. The lowest BCUT2D eigenvalue weighted by molar-refractivity contribution is -0.137. The summed E-state index contributed by atoms with van der Waals surface area (Å²) in [6.07, 6.45) is 0.764. The Labute approximate surface area is 239 Å². The predicted octanol–water partition coefficient (Wildman–Crippen LogP) is 9.91. The van der Waals surface area contributed by atoms with Crippen LogP contribution in [0.25, 0.3) is 5.57 Å². The minimum absolute atomic E-state index is 0.00717. The van der Waals surface area contributed by atoms with Crippen LogP contribution in [0.5, 0.6) is 0 Å². The molecule has 1 aromatic heterocycles. The summed E-state index contributed by atoms with van der Waals surface area (Å²) in [5, 5.41) is 11.9. The molecule has 0 radical (unpaired) electrons. The fourth-order valence-electron chi connectivity index (χ4n) is 5.94. The van der Waals surface area contributed by atoms with Crippen LogP contribution in [0, 0.1) is 5.41 Å². The van der Waals surface area contributed by atoms with E-state index in [2.05, 4.69) is 53.8 Å².